The van der Waals surface area contributed by atoms with E-state index in [1.807, 2.05) is 55.5 Å². The first-order valence-corrected chi connectivity index (χ1v) is 11.5. The third-order valence-electron chi connectivity index (χ3n) is 5.41. The van der Waals surface area contributed by atoms with Crippen LogP contribution in [0.1, 0.15) is 35.8 Å². The molecule has 0 fully saturated rings. The number of benzene rings is 3. The lowest BCUT2D eigenvalue weighted by Gasteiger charge is -2.31. The number of phenolic OH excluding ortho intramolecular Hbond substituents is 1. The van der Waals surface area contributed by atoms with Gasteiger partial charge in [-0.3, -0.25) is 0 Å². The molecule has 0 aromatic heterocycles. The molecule has 0 radical (unpaired) electrons. The van der Waals surface area contributed by atoms with E-state index < -0.39 is 0 Å². The Labute approximate surface area is 201 Å². The molecule has 0 aliphatic carbocycles. The highest BCUT2D eigenvalue weighted by molar-refractivity contribution is 9.10. The van der Waals surface area contributed by atoms with Gasteiger partial charge in [0.15, 0.2) is 6.17 Å². The Bertz CT molecular complexity index is 1130. The molecule has 0 spiro atoms. The van der Waals surface area contributed by atoms with Crippen molar-refractivity contribution in [3.05, 3.63) is 92.9 Å². The lowest BCUT2D eigenvalue weighted by molar-refractivity contribution is -0.731. The Morgan fingerprint density at radius 3 is 2.56 bits per heavy atom. The largest absolute Gasteiger partial charge is 0.507 e. The fraction of sp³-hybridized carbons (Fsp3) is 0.200. The smallest absolute Gasteiger partial charge is 0.190 e. The number of quaternary nitrogens is 1. The Morgan fingerprint density at radius 2 is 1.84 bits per heavy atom. The van der Waals surface area contributed by atoms with E-state index in [0.717, 1.165) is 38.4 Å². The van der Waals surface area contributed by atoms with Crippen LogP contribution in [0.2, 0.25) is 5.02 Å². The summed E-state index contributed by atoms with van der Waals surface area (Å²) in [6.07, 6.45) is 1.94. The van der Waals surface area contributed by atoms with E-state index >= 15 is 0 Å². The molecule has 32 heavy (non-hydrogen) atoms. The van der Waals surface area contributed by atoms with E-state index in [1.165, 1.54) is 0 Å². The molecular weight excluding hydrogens is 492 g/mol. The molecule has 3 aromatic rings. The molecule has 1 heterocycles. The molecule has 5 nitrogen and oxygen atoms in total. The molecule has 2 unspecified atom stereocenters. The maximum absolute atomic E-state index is 10.6. The SMILES string of the molecule is CCOc1ccc(C2=CC(c3cc(Cl)ccc3O)[NH2+]C(c3cc(Br)ccc3OC)N2)cc1. The van der Waals surface area contributed by atoms with E-state index in [0.29, 0.717) is 11.6 Å². The highest BCUT2D eigenvalue weighted by atomic mass is 79.9. The average Bonchev–Trinajstić information content (AvgIpc) is 2.81. The van der Waals surface area contributed by atoms with Gasteiger partial charge in [0.2, 0.25) is 0 Å². The van der Waals surface area contributed by atoms with Crippen molar-refractivity contribution in [2.24, 2.45) is 0 Å². The second kappa shape index (κ2) is 9.86. The second-order valence-corrected chi connectivity index (χ2v) is 8.82. The minimum absolute atomic E-state index is 0.155. The molecule has 4 rings (SSSR count). The van der Waals surface area contributed by atoms with Crippen molar-refractivity contribution >= 4 is 33.2 Å². The number of hydrogen-bond donors (Lipinski definition) is 3. The van der Waals surface area contributed by atoms with Crippen LogP contribution in [0, 0.1) is 0 Å². The van der Waals surface area contributed by atoms with Crippen molar-refractivity contribution < 1.29 is 19.9 Å². The number of nitrogens with two attached hydrogens (primary N) is 1. The molecular formula is C25H25BrClN2O3+. The normalized spacial score (nSPS) is 17.9. The third-order valence-corrected chi connectivity index (χ3v) is 6.14. The Kier molecular flexibility index (Phi) is 6.94. The highest BCUT2D eigenvalue weighted by Gasteiger charge is 2.31. The van der Waals surface area contributed by atoms with Gasteiger partial charge in [0, 0.05) is 21.3 Å². The first kappa shape index (κ1) is 22.5. The first-order valence-electron chi connectivity index (χ1n) is 10.4. The molecule has 3 aromatic carbocycles. The average molecular weight is 517 g/mol. The highest BCUT2D eigenvalue weighted by Crippen LogP contribution is 2.34. The van der Waals surface area contributed by atoms with Gasteiger partial charge in [-0.25, -0.2) is 0 Å². The summed E-state index contributed by atoms with van der Waals surface area (Å²) < 4.78 is 12.2. The minimum Gasteiger partial charge on any atom is -0.507 e. The van der Waals surface area contributed by atoms with Crippen molar-refractivity contribution in [1.82, 2.24) is 5.32 Å². The zero-order valence-electron chi connectivity index (χ0n) is 17.8. The summed E-state index contributed by atoms with van der Waals surface area (Å²) in [6.45, 7) is 2.59. The fourth-order valence-electron chi connectivity index (χ4n) is 3.90. The molecule has 1 aliphatic rings. The van der Waals surface area contributed by atoms with Crippen LogP contribution in [-0.4, -0.2) is 18.8 Å². The molecule has 7 heteroatoms. The number of ether oxygens (including phenoxy) is 2. The van der Waals surface area contributed by atoms with Crippen molar-refractivity contribution in [2.45, 2.75) is 19.1 Å². The van der Waals surface area contributed by atoms with Gasteiger partial charge in [0.25, 0.3) is 0 Å². The van der Waals surface area contributed by atoms with Crippen LogP contribution in [0.25, 0.3) is 5.70 Å². The molecule has 4 N–H and O–H groups in total. The standard InChI is InChI=1S/C25H24BrClN2O3/c1-3-32-18-8-4-15(5-9-18)21-14-22(19-13-17(27)7-10-23(19)30)29-25(28-21)20-12-16(26)6-11-24(20)31-2/h4-14,22,25,28-30H,3H2,1-2H3/p+1. The van der Waals surface area contributed by atoms with Gasteiger partial charge in [-0.15, -0.1) is 0 Å². The molecule has 166 valence electrons. The van der Waals surface area contributed by atoms with Crippen LogP contribution in [0.5, 0.6) is 17.2 Å². The number of phenols is 1. The molecule has 0 amide bonds. The van der Waals surface area contributed by atoms with E-state index in [9.17, 15) is 5.11 Å². The summed E-state index contributed by atoms with van der Waals surface area (Å²) >= 11 is 9.83. The molecule has 1 aliphatic heterocycles. The van der Waals surface area contributed by atoms with Crippen molar-refractivity contribution in [3.8, 4) is 17.2 Å². The maximum atomic E-state index is 10.6. The Morgan fingerprint density at radius 1 is 1.06 bits per heavy atom. The van der Waals surface area contributed by atoms with E-state index in [4.69, 9.17) is 21.1 Å². The molecule has 2 atom stereocenters. The van der Waals surface area contributed by atoms with Gasteiger partial charge in [-0.1, -0.05) is 27.5 Å². The molecule has 0 saturated carbocycles. The van der Waals surface area contributed by atoms with E-state index in [1.54, 1.807) is 19.2 Å². The summed E-state index contributed by atoms with van der Waals surface area (Å²) in [7, 11) is 1.67. The summed E-state index contributed by atoms with van der Waals surface area (Å²) in [5, 5.41) is 16.9. The van der Waals surface area contributed by atoms with Crippen molar-refractivity contribution in [2.75, 3.05) is 13.7 Å². The molecule has 0 bridgehead atoms. The van der Waals surface area contributed by atoms with Crippen molar-refractivity contribution in [3.63, 3.8) is 0 Å². The number of hydrogen-bond acceptors (Lipinski definition) is 4. The van der Waals surface area contributed by atoms with Gasteiger partial charge >= 0.3 is 0 Å². The number of halogens is 2. The van der Waals surface area contributed by atoms with Crippen LogP contribution in [-0.2, 0) is 0 Å². The van der Waals surface area contributed by atoms with Gasteiger partial charge in [0.05, 0.1) is 24.8 Å². The van der Waals surface area contributed by atoms with Crippen LogP contribution in [0.15, 0.2) is 71.2 Å². The number of rotatable bonds is 6. The van der Waals surface area contributed by atoms with E-state index in [-0.39, 0.29) is 18.0 Å². The summed E-state index contributed by atoms with van der Waals surface area (Å²) in [6, 6.07) is 18.9. The van der Waals surface area contributed by atoms with E-state index in [2.05, 4.69) is 32.6 Å². The lowest BCUT2D eigenvalue weighted by atomic mass is 9.97. The summed E-state index contributed by atoms with van der Waals surface area (Å²) in [5.41, 5.74) is 3.71. The van der Waals surface area contributed by atoms with Gasteiger partial charge in [-0.2, -0.15) is 0 Å². The number of aromatic hydroxyl groups is 1. The Hall–Kier alpha value is -2.67. The van der Waals surface area contributed by atoms with Crippen LogP contribution < -0.4 is 20.1 Å². The fourth-order valence-corrected chi connectivity index (χ4v) is 4.46. The van der Waals surface area contributed by atoms with Crippen LogP contribution >= 0.6 is 27.5 Å². The Balaban J connectivity index is 1.78. The number of nitrogens with one attached hydrogen (secondary N) is 1. The van der Waals surface area contributed by atoms with Crippen molar-refractivity contribution in [1.29, 1.82) is 0 Å². The van der Waals surface area contributed by atoms with Gasteiger partial charge < -0.3 is 25.2 Å². The number of methoxy groups -OCH3 is 1. The quantitative estimate of drug-likeness (QED) is 0.423. The molecule has 0 saturated heterocycles. The van der Waals surface area contributed by atoms with Crippen LogP contribution in [0.3, 0.4) is 0 Å². The lowest BCUT2D eigenvalue weighted by Crippen LogP contribution is -2.89. The second-order valence-electron chi connectivity index (χ2n) is 7.47. The topological polar surface area (TPSA) is 67.3 Å². The van der Waals surface area contributed by atoms with Gasteiger partial charge in [0.1, 0.15) is 23.3 Å². The zero-order valence-corrected chi connectivity index (χ0v) is 20.2. The zero-order chi connectivity index (χ0) is 22.7. The maximum Gasteiger partial charge on any atom is 0.190 e. The predicted molar refractivity (Wildman–Crippen MR) is 130 cm³/mol. The minimum atomic E-state index is -0.162. The van der Waals surface area contributed by atoms with Crippen LogP contribution in [0.4, 0.5) is 0 Å². The summed E-state index contributed by atoms with van der Waals surface area (Å²) in [4.78, 5) is 0. The summed E-state index contributed by atoms with van der Waals surface area (Å²) in [5.74, 6) is 1.82. The third kappa shape index (κ3) is 4.88. The predicted octanol–water partition coefficient (Wildman–Crippen LogP) is 5.16. The monoisotopic (exact) mass is 515 g/mol. The van der Waals surface area contributed by atoms with Gasteiger partial charge in [-0.05, 0) is 73.2 Å². The first-order chi connectivity index (χ1) is 15.5.